The third-order valence-electron chi connectivity index (χ3n) is 4.76. The first-order valence-corrected chi connectivity index (χ1v) is 9.36. The van der Waals surface area contributed by atoms with Crippen molar-refractivity contribution in [2.75, 3.05) is 13.1 Å². The van der Waals surface area contributed by atoms with E-state index in [9.17, 15) is 32.3 Å². The maximum Gasteiger partial charge on any atom is 0.417 e. The number of benzene rings is 2. The highest BCUT2D eigenvalue weighted by molar-refractivity contribution is 6.35. The molecule has 164 valence electrons. The molecule has 1 aliphatic heterocycles. The Morgan fingerprint density at radius 1 is 1.03 bits per heavy atom. The molecule has 0 bridgehead atoms. The van der Waals surface area contributed by atoms with Crippen molar-refractivity contribution in [1.29, 1.82) is 0 Å². The van der Waals surface area contributed by atoms with E-state index in [1.54, 1.807) is 0 Å². The number of ketones is 1. The second-order valence-corrected chi connectivity index (χ2v) is 7.74. The van der Waals surface area contributed by atoms with Crippen molar-refractivity contribution < 1.29 is 37.4 Å². The van der Waals surface area contributed by atoms with E-state index in [-0.39, 0.29) is 18.7 Å². The van der Waals surface area contributed by atoms with Gasteiger partial charge in [0.15, 0.2) is 11.6 Å². The van der Waals surface area contributed by atoms with Gasteiger partial charge in [0.25, 0.3) is 0 Å². The Balaban J connectivity index is 1.89. The van der Waals surface area contributed by atoms with Gasteiger partial charge in [-0.25, -0.2) is 9.18 Å². The lowest BCUT2D eigenvalue weighted by molar-refractivity contribution is -0.0898. The average molecular weight is 478 g/mol. The average Bonchev–Trinajstić information content (AvgIpc) is 2.66. The quantitative estimate of drug-likeness (QED) is 0.276. The zero-order valence-corrected chi connectivity index (χ0v) is 16.9. The molecule has 2 N–H and O–H groups in total. The summed E-state index contributed by atoms with van der Waals surface area (Å²) >= 11 is 11.1. The molecule has 0 aromatic heterocycles. The number of amides is 1. The Morgan fingerprint density at radius 2 is 1.55 bits per heavy atom. The summed E-state index contributed by atoms with van der Waals surface area (Å²) in [6, 6.07) is 6.54. The van der Waals surface area contributed by atoms with E-state index in [0.29, 0.717) is 11.6 Å². The standard InChI is InChI=1S/C20H13Cl2F4NO4/c21-14-5-11(6-15(22)17(14)23)13(20(24,25)26)7-16(28)10-1-3-12(4-2-10)19(31)8-27(9-19)18(29)30/h1-7,31H,8-9H2,(H,29,30)/b13-7+. The van der Waals surface area contributed by atoms with Crippen molar-refractivity contribution in [3.05, 3.63) is 75.0 Å². The molecule has 1 fully saturated rings. The van der Waals surface area contributed by atoms with Gasteiger partial charge in [0.1, 0.15) is 5.60 Å². The van der Waals surface area contributed by atoms with E-state index in [1.807, 2.05) is 0 Å². The molecule has 0 aliphatic carbocycles. The summed E-state index contributed by atoms with van der Waals surface area (Å²) in [7, 11) is 0. The minimum absolute atomic E-state index is 0.109. The van der Waals surface area contributed by atoms with Gasteiger partial charge in [0.2, 0.25) is 0 Å². The molecular weight excluding hydrogens is 465 g/mol. The highest BCUT2D eigenvalue weighted by Gasteiger charge is 2.45. The number of hydrogen-bond donors (Lipinski definition) is 2. The van der Waals surface area contributed by atoms with Gasteiger partial charge in [-0.05, 0) is 29.3 Å². The van der Waals surface area contributed by atoms with Crippen molar-refractivity contribution in [1.82, 2.24) is 4.90 Å². The van der Waals surface area contributed by atoms with Gasteiger partial charge in [-0.3, -0.25) is 4.79 Å². The normalized spacial score (nSPS) is 16.1. The van der Waals surface area contributed by atoms with Gasteiger partial charge in [-0.15, -0.1) is 0 Å². The molecule has 0 saturated carbocycles. The molecule has 0 unspecified atom stereocenters. The fourth-order valence-corrected chi connectivity index (χ4v) is 3.59. The first kappa shape index (κ1) is 23.1. The largest absolute Gasteiger partial charge is 0.465 e. The Labute approximate surface area is 183 Å². The molecule has 0 spiro atoms. The first-order valence-electron chi connectivity index (χ1n) is 8.61. The minimum atomic E-state index is -4.96. The molecule has 11 heteroatoms. The van der Waals surface area contributed by atoms with Crippen LogP contribution < -0.4 is 0 Å². The fourth-order valence-electron chi connectivity index (χ4n) is 3.10. The van der Waals surface area contributed by atoms with Gasteiger partial charge in [-0.1, -0.05) is 47.5 Å². The molecule has 2 aromatic carbocycles. The Bertz CT molecular complexity index is 1050. The summed E-state index contributed by atoms with van der Waals surface area (Å²) in [6.45, 7) is -0.334. The predicted molar refractivity (Wildman–Crippen MR) is 105 cm³/mol. The topological polar surface area (TPSA) is 77.8 Å². The summed E-state index contributed by atoms with van der Waals surface area (Å²) < 4.78 is 54.2. The molecule has 0 atom stereocenters. The third kappa shape index (κ3) is 4.68. The van der Waals surface area contributed by atoms with E-state index in [0.717, 1.165) is 17.0 Å². The number of alkyl halides is 3. The second-order valence-electron chi connectivity index (χ2n) is 6.92. The van der Waals surface area contributed by atoms with Gasteiger partial charge < -0.3 is 15.1 Å². The molecule has 1 aliphatic rings. The van der Waals surface area contributed by atoms with Crippen molar-refractivity contribution in [3.63, 3.8) is 0 Å². The number of carbonyl (C=O) groups excluding carboxylic acids is 1. The van der Waals surface area contributed by atoms with Crippen LogP contribution in [0, 0.1) is 5.82 Å². The van der Waals surface area contributed by atoms with Crippen molar-refractivity contribution >= 4 is 40.7 Å². The lowest BCUT2D eigenvalue weighted by Crippen LogP contribution is -2.60. The van der Waals surface area contributed by atoms with Gasteiger partial charge >= 0.3 is 12.3 Å². The van der Waals surface area contributed by atoms with Crippen LogP contribution in [0.3, 0.4) is 0 Å². The molecule has 5 nitrogen and oxygen atoms in total. The number of likely N-dealkylation sites (tertiary alicyclic amines) is 1. The Kier molecular flexibility index (Phi) is 6.05. The van der Waals surface area contributed by atoms with Crippen LogP contribution in [0.4, 0.5) is 22.4 Å². The van der Waals surface area contributed by atoms with Crippen LogP contribution >= 0.6 is 23.2 Å². The predicted octanol–water partition coefficient (Wildman–Crippen LogP) is 5.14. The van der Waals surface area contributed by atoms with Crippen LogP contribution in [-0.2, 0) is 5.60 Å². The maximum atomic E-state index is 13.5. The number of aliphatic hydroxyl groups is 1. The molecule has 2 aromatic rings. The number of carbonyl (C=O) groups is 2. The number of carboxylic acid groups (broad SMARTS) is 1. The molecule has 1 heterocycles. The van der Waals surface area contributed by atoms with Gasteiger partial charge in [0, 0.05) is 5.56 Å². The second kappa shape index (κ2) is 8.14. The summed E-state index contributed by atoms with van der Waals surface area (Å²) in [5.74, 6) is -2.07. The van der Waals surface area contributed by atoms with Crippen molar-refractivity contribution in [2.45, 2.75) is 11.8 Å². The zero-order valence-electron chi connectivity index (χ0n) is 15.4. The Morgan fingerprint density at radius 3 is 2.00 bits per heavy atom. The van der Waals surface area contributed by atoms with E-state index in [4.69, 9.17) is 28.3 Å². The summed E-state index contributed by atoms with van der Waals surface area (Å²) in [5, 5.41) is 18.0. The summed E-state index contributed by atoms with van der Waals surface area (Å²) in [5.41, 5.74) is -3.16. The number of β-amino-alcohol motifs (C(OH)–C–C–N with tert-alkyl or cyclic N) is 1. The smallest absolute Gasteiger partial charge is 0.417 e. The lowest BCUT2D eigenvalue weighted by Gasteiger charge is -2.45. The van der Waals surface area contributed by atoms with Crippen LogP contribution in [0.15, 0.2) is 42.5 Å². The highest BCUT2D eigenvalue weighted by Crippen LogP contribution is 2.38. The van der Waals surface area contributed by atoms with Crippen LogP contribution in [-0.4, -0.2) is 46.3 Å². The molecule has 0 radical (unpaired) electrons. The van der Waals surface area contributed by atoms with E-state index in [2.05, 4.69) is 0 Å². The first-order chi connectivity index (χ1) is 14.3. The highest BCUT2D eigenvalue weighted by atomic mass is 35.5. The van der Waals surface area contributed by atoms with Crippen LogP contribution in [0.25, 0.3) is 5.57 Å². The van der Waals surface area contributed by atoms with E-state index >= 15 is 0 Å². The van der Waals surface area contributed by atoms with Crippen LogP contribution in [0.5, 0.6) is 0 Å². The molecule has 3 rings (SSSR count). The maximum absolute atomic E-state index is 13.5. The van der Waals surface area contributed by atoms with Crippen LogP contribution in [0.1, 0.15) is 21.5 Å². The third-order valence-corrected chi connectivity index (χ3v) is 5.31. The van der Waals surface area contributed by atoms with E-state index in [1.165, 1.54) is 24.3 Å². The number of rotatable bonds is 4. The number of hydrogen-bond acceptors (Lipinski definition) is 3. The molecular formula is C20H13Cl2F4NO4. The summed E-state index contributed by atoms with van der Waals surface area (Å²) in [6.07, 6.45) is -5.80. The van der Waals surface area contributed by atoms with Crippen molar-refractivity contribution in [3.8, 4) is 0 Å². The monoisotopic (exact) mass is 477 g/mol. The molecule has 31 heavy (non-hydrogen) atoms. The number of halogens is 6. The number of nitrogens with zero attached hydrogens (tertiary/aromatic N) is 1. The summed E-state index contributed by atoms with van der Waals surface area (Å²) in [4.78, 5) is 24.3. The number of allylic oxidation sites excluding steroid dienone is 2. The van der Waals surface area contributed by atoms with E-state index < -0.39 is 50.7 Å². The lowest BCUT2D eigenvalue weighted by atomic mass is 9.86. The van der Waals surface area contributed by atoms with Crippen LogP contribution in [0.2, 0.25) is 10.0 Å². The molecule has 1 saturated heterocycles. The fraction of sp³-hybridized carbons (Fsp3) is 0.200. The minimum Gasteiger partial charge on any atom is -0.465 e. The van der Waals surface area contributed by atoms with Gasteiger partial charge in [0.05, 0.1) is 28.7 Å². The van der Waals surface area contributed by atoms with Crippen molar-refractivity contribution in [2.24, 2.45) is 0 Å². The molecule has 1 amide bonds. The van der Waals surface area contributed by atoms with Gasteiger partial charge in [-0.2, -0.15) is 13.2 Å². The zero-order chi connectivity index (χ0) is 23.1. The SMILES string of the molecule is O=C(/C=C(\c1cc(Cl)c(F)c(Cl)c1)C(F)(F)F)c1ccc(C2(O)CN(C(=O)O)C2)cc1. The Hall–Kier alpha value is -2.62.